The molecular weight excluding hydrogens is 418 g/mol. The lowest BCUT2D eigenvalue weighted by atomic mass is 9.99. The molecule has 1 aromatic carbocycles. The van der Waals surface area contributed by atoms with Gasteiger partial charge in [-0.05, 0) is 35.7 Å². The minimum Gasteiger partial charge on any atom is -0.497 e. The highest BCUT2D eigenvalue weighted by molar-refractivity contribution is 7.13. The van der Waals surface area contributed by atoms with E-state index in [1.54, 1.807) is 42.6 Å². The second-order valence-corrected chi connectivity index (χ2v) is 8.02. The Balaban J connectivity index is 1.27. The van der Waals surface area contributed by atoms with Crippen LogP contribution < -0.4 is 9.47 Å². The van der Waals surface area contributed by atoms with Crippen molar-refractivity contribution in [3.63, 3.8) is 0 Å². The number of nitrogens with one attached hydrogen (secondary N) is 1. The van der Waals surface area contributed by atoms with E-state index in [2.05, 4.69) is 20.3 Å². The molecule has 1 fully saturated rings. The molecule has 1 N–H and O–H groups in total. The number of methoxy groups -OCH3 is 2. The van der Waals surface area contributed by atoms with Gasteiger partial charge >= 0.3 is 0 Å². The molecule has 0 unspecified atom stereocenters. The number of aromatic nitrogens is 4. The maximum Gasteiger partial charge on any atom is 0.271 e. The molecule has 5 rings (SSSR count). The van der Waals surface area contributed by atoms with Crippen LogP contribution in [0, 0.1) is 0 Å². The molecule has 0 saturated carbocycles. The highest BCUT2D eigenvalue weighted by atomic mass is 32.1. The average Bonchev–Trinajstić information content (AvgIpc) is 3.53. The number of carbonyl (C=O) groups is 1. The second-order valence-electron chi connectivity index (χ2n) is 7.07. The van der Waals surface area contributed by atoms with Crippen molar-refractivity contribution in [3.8, 4) is 33.5 Å². The smallest absolute Gasteiger partial charge is 0.271 e. The molecule has 0 radical (unpaired) electrons. The Morgan fingerprint density at radius 3 is 2.84 bits per heavy atom. The Morgan fingerprint density at radius 2 is 2.10 bits per heavy atom. The number of benzene rings is 1. The van der Waals surface area contributed by atoms with Crippen molar-refractivity contribution in [2.24, 2.45) is 0 Å². The Bertz CT molecular complexity index is 1210. The largest absolute Gasteiger partial charge is 0.497 e. The summed E-state index contributed by atoms with van der Waals surface area (Å²) < 4.78 is 16.1. The standard InChI is InChI=1S/C21H19N5O4S/c1-28-13-5-6-17(29-2)14(8-13)15-9-16(24-23-15)21(27)26-10-12(11-26)20-22-19(25-30-20)18-4-3-7-31-18/h3-9,12H,10-11H2,1-2H3,(H,23,24). The number of ether oxygens (including phenoxy) is 2. The van der Waals surface area contributed by atoms with Crippen molar-refractivity contribution in [3.05, 3.63) is 53.4 Å². The van der Waals surface area contributed by atoms with E-state index in [0.717, 1.165) is 10.4 Å². The van der Waals surface area contributed by atoms with Gasteiger partial charge in [-0.25, -0.2) is 0 Å². The molecular formula is C21H19N5O4S. The van der Waals surface area contributed by atoms with E-state index in [1.807, 2.05) is 29.6 Å². The van der Waals surface area contributed by atoms with Crippen LogP contribution in [0.15, 0.2) is 46.3 Å². The number of hydrogen-bond donors (Lipinski definition) is 1. The molecule has 1 saturated heterocycles. The van der Waals surface area contributed by atoms with Gasteiger partial charge in [0.15, 0.2) is 0 Å². The van der Waals surface area contributed by atoms with Crippen molar-refractivity contribution in [1.29, 1.82) is 0 Å². The maximum absolute atomic E-state index is 12.9. The first-order chi connectivity index (χ1) is 15.2. The Kier molecular flexibility index (Phi) is 4.91. The van der Waals surface area contributed by atoms with Crippen LogP contribution in [0.2, 0.25) is 0 Å². The number of rotatable bonds is 6. The number of amides is 1. The molecule has 0 bridgehead atoms. The molecule has 31 heavy (non-hydrogen) atoms. The quantitative estimate of drug-likeness (QED) is 0.492. The molecule has 4 heterocycles. The van der Waals surface area contributed by atoms with Crippen LogP contribution in [-0.2, 0) is 0 Å². The van der Waals surface area contributed by atoms with E-state index >= 15 is 0 Å². The molecule has 1 aliphatic rings. The monoisotopic (exact) mass is 437 g/mol. The summed E-state index contributed by atoms with van der Waals surface area (Å²) in [6.07, 6.45) is 0. The topological polar surface area (TPSA) is 106 Å². The zero-order valence-corrected chi connectivity index (χ0v) is 17.7. The zero-order chi connectivity index (χ0) is 21.4. The molecule has 4 aromatic rings. The summed E-state index contributed by atoms with van der Waals surface area (Å²) in [6.45, 7) is 1.03. The summed E-state index contributed by atoms with van der Waals surface area (Å²) in [6, 6.07) is 11.0. The summed E-state index contributed by atoms with van der Waals surface area (Å²) in [4.78, 5) is 20.0. The molecule has 0 aliphatic carbocycles. The molecule has 0 atom stereocenters. The lowest BCUT2D eigenvalue weighted by Gasteiger charge is -2.36. The van der Waals surface area contributed by atoms with Gasteiger partial charge in [-0.2, -0.15) is 10.1 Å². The average molecular weight is 437 g/mol. The van der Waals surface area contributed by atoms with Gasteiger partial charge in [0.25, 0.3) is 5.91 Å². The first-order valence-electron chi connectivity index (χ1n) is 9.61. The van der Waals surface area contributed by atoms with E-state index in [4.69, 9.17) is 14.0 Å². The van der Waals surface area contributed by atoms with Crippen LogP contribution in [0.1, 0.15) is 22.3 Å². The summed E-state index contributed by atoms with van der Waals surface area (Å²) in [5.74, 6) is 2.37. The van der Waals surface area contributed by atoms with Crippen molar-refractivity contribution in [2.45, 2.75) is 5.92 Å². The summed E-state index contributed by atoms with van der Waals surface area (Å²) in [5.41, 5.74) is 1.75. The predicted molar refractivity (Wildman–Crippen MR) is 113 cm³/mol. The van der Waals surface area contributed by atoms with Crippen molar-refractivity contribution in [2.75, 3.05) is 27.3 Å². The number of carbonyl (C=O) groups excluding carboxylic acids is 1. The van der Waals surface area contributed by atoms with Crippen LogP contribution in [-0.4, -0.2) is 58.5 Å². The SMILES string of the molecule is COc1ccc(OC)c(-c2cc(C(=O)N3CC(c4nc(-c5cccs5)no4)C3)[nH]n2)c1. The highest BCUT2D eigenvalue weighted by Gasteiger charge is 2.36. The van der Waals surface area contributed by atoms with Gasteiger partial charge in [0, 0.05) is 18.7 Å². The van der Waals surface area contributed by atoms with Gasteiger partial charge < -0.3 is 18.9 Å². The fourth-order valence-electron chi connectivity index (χ4n) is 3.46. The minimum atomic E-state index is -0.130. The van der Waals surface area contributed by atoms with E-state index in [1.165, 1.54) is 0 Å². The third-order valence-electron chi connectivity index (χ3n) is 5.19. The van der Waals surface area contributed by atoms with E-state index in [-0.39, 0.29) is 11.8 Å². The summed E-state index contributed by atoms with van der Waals surface area (Å²) in [7, 11) is 3.18. The number of nitrogens with zero attached hydrogens (tertiary/aromatic N) is 4. The lowest BCUT2D eigenvalue weighted by molar-refractivity contribution is 0.0563. The second kappa shape index (κ2) is 7.88. The fraction of sp³-hybridized carbons (Fsp3) is 0.238. The predicted octanol–water partition coefficient (Wildman–Crippen LogP) is 3.45. The van der Waals surface area contributed by atoms with Gasteiger partial charge in [0.2, 0.25) is 11.7 Å². The van der Waals surface area contributed by atoms with Gasteiger partial charge in [0.1, 0.15) is 17.2 Å². The third-order valence-corrected chi connectivity index (χ3v) is 6.06. The number of H-pyrrole nitrogens is 1. The summed E-state index contributed by atoms with van der Waals surface area (Å²) in [5, 5.41) is 13.1. The van der Waals surface area contributed by atoms with Crippen LogP contribution in [0.25, 0.3) is 22.0 Å². The first-order valence-corrected chi connectivity index (χ1v) is 10.5. The van der Waals surface area contributed by atoms with E-state index in [0.29, 0.717) is 47.7 Å². The van der Waals surface area contributed by atoms with Crippen LogP contribution in [0.3, 0.4) is 0 Å². The first kappa shape index (κ1) is 19.3. The number of hydrogen-bond acceptors (Lipinski definition) is 8. The van der Waals surface area contributed by atoms with Gasteiger partial charge in [0.05, 0.1) is 30.7 Å². The van der Waals surface area contributed by atoms with Gasteiger partial charge in [-0.1, -0.05) is 11.2 Å². The lowest BCUT2D eigenvalue weighted by Crippen LogP contribution is -2.48. The third kappa shape index (κ3) is 3.55. The van der Waals surface area contributed by atoms with Crippen LogP contribution in [0.4, 0.5) is 0 Å². The molecule has 0 spiro atoms. The Labute approximate surface area is 181 Å². The van der Waals surface area contributed by atoms with E-state index in [9.17, 15) is 4.79 Å². The number of thiophene rings is 1. The molecule has 10 heteroatoms. The fourth-order valence-corrected chi connectivity index (χ4v) is 4.11. The Morgan fingerprint density at radius 1 is 1.23 bits per heavy atom. The number of aromatic amines is 1. The normalized spacial score (nSPS) is 13.8. The summed E-state index contributed by atoms with van der Waals surface area (Å²) >= 11 is 1.56. The van der Waals surface area contributed by atoms with Crippen LogP contribution in [0.5, 0.6) is 11.5 Å². The maximum atomic E-state index is 12.9. The minimum absolute atomic E-state index is 0.0334. The van der Waals surface area contributed by atoms with Crippen molar-refractivity contribution >= 4 is 17.2 Å². The van der Waals surface area contributed by atoms with Crippen molar-refractivity contribution < 1.29 is 18.8 Å². The molecule has 3 aromatic heterocycles. The van der Waals surface area contributed by atoms with Crippen molar-refractivity contribution in [1.82, 2.24) is 25.2 Å². The Hall–Kier alpha value is -3.66. The molecule has 9 nitrogen and oxygen atoms in total. The molecule has 1 amide bonds. The molecule has 1 aliphatic heterocycles. The molecule has 158 valence electrons. The zero-order valence-electron chi connectivity index (χ0n) is 16.9. The highest BCUT2D eigenvalue weighted by Crippen LogP contribution is 2.34. The van der Waals surface area contributed by atoms with Gasteiger partial charge in [-0.15, -0.1) is 11.3 Å². The number of likely N-dealkylation sites (tertiary alicyclic amines) is 1. The van der Waals surface area contributed by atoms with Gasteiger partial charge in [-0.3, -0.25) is 9.89 Å². The van der Waals surface area contributed by atoms with Crippen LogP contribution >= 0.6 is 11.3 Å². The van der Waals surface area contributed by atoms with E-state index < -0.39 is 0 Å².